The van der Waals surface area contributed by atoms with Gasteiger partial charge in [-0.2, -0.15) is 0 Å². The Labute approximate surface area is 102 Å². The molecule has 90 valence electrons. The molecule has 0 aromatic carbocycles. The quantitative estimate of drug-likeness (QED) is 0.821. The van der Waals surface area contributed by atoms with Gasteiger partial charge >= 0.3 is 0 Å². The van der Waals surface area contributed by atoms with Crippen molar-refractivity contribution in [1.29, 1.82) is 0 Å². The average molecular weight is 251 g/mol. The summed E-state index contributed by atoms with van der Waals surface area (Å²) in [5.74, 6) is 0. The maximum absolute atomic E-state index is 11.7. The van der Waals surface area contributed by atoms with Gasteiger partial charge < -0.3 is 9.72 Å². The molecule has 2 aromatic heterocycles. The fourth-order valence-electron chi connectivity index (χ4n) is 1.98. The second-order valence-electron chi connectivity index (χ2n) is 4.30. The summed E-state index contributed by atoms with van der Waals surface area (Å²) >= 11 is 5.20. The minimum Gasteiger partial charge on any atom is -0.355 e. The van der Waals surface area contributed by atoms with E-state index in [-0.39, 0.29) is 11.8 Å². The minimum absolute atomic E-state index is 0.162. The first-order chi connectivity index (χ1) is 8.16. The molecule has 0 bridgehead atoms. The SMILES string of the molecule is CC(OC1CC1)n1c(=S)[nH]c(=O)c2[nH]ccc21. The molecular weight excluding hydrogens is 238 g/mol. The molecule has 17 heavy (non-hydrogen) atoms. The van der Waals surface area contributed by atoms with Gasteiger partial charge in [0.15, 0.2) is 4.77 Å². The lowest BCUT2D eigenvalue weighted by atomic mass is 10.4. The molecule has 2 heterocycles. The molecule has 2 N–H and O–H groups in total. The Hall–Kier alpha value is -1.40. The molecule has 2 aromatic rings. The summed E-state index contributed by atoms with van der Waals surface area (Å²) in [6, 6.07) is 1.84. The summed E-state index contributed by atoms with van der Waals surface area (Å²) in [6.07, 6.45) is 4.13. The Kier molecular flexibility index (Phi) is 2.41. The normalized spacial score (nSPS) is 17.5. The van der Waals surface area contributed by atoms with Gasteiger partial charge in [0.2, 0.25) is 0 Å². The van der Waals surface area contributed by atoms with Crippen LogP contribution in [0.1, 0.15) is 26.0 Å². The van der Waals surface area contributed by atoms with Crippen molar-refractivity contribution < 1.29 is 4.74 Å². The van der Waals surface area contributed by atoms with E-state index >= 15 is 0 Å². The molecule has 1 aliphatic rings. The Morgan fingerprint density at radius 3 is 3.06 bits per heavy atom. The van der Waals surface area contributed by atoms with Gasteiger partial charge in [-0.1, -0.05) is 0 Å². The molecule has 1 atom stereocenters. The predicted octanol–water partition coefficient (Wildman–Crippen LogP) is 2.08. The van der Waals surface area contributed by atoms with E-state index in [2.05, 4.69) is 9.97 Å². The first kappa shape index (κ1) is 10.7. The fourth-order valence-corrected chi connectivity index (χ4v) is 2.32. The smallest absolute Gasteiger partial charge is 0.276 e. The third-order valence-corrected chi connectivity index (χ3v) is 3.23. The van der Waals surface area contributed by atoms with Crippen molar-refractivity contribution in [2.45, 2.75) is 32.1 Å². The summed E-state index contributed by atoms with van der Waals surface area (Å²) in [5, 5.41) is 0. The van der Waals surface area contributed by atoms with Crippen molar-refractivity contribution in [3.8, 4) is 0 Å². The molecule has 5 nitrogen and oxygen atoms in total. The lowest BCUT2D eigenvalue weighted by Crippen LogP contribution is -2.18. The lowest BCUT2D eigenvalue weighted by Gasteiger charge is -2.17. The van der Waals surface area contributed by atoms with E-state index < -0.39 is 0 Å². The Balaban J connectivity index is 2.16. The highest BCUT2D eigenvalue weighted by atomic mass is 32.1. The first-order valence-electron chi connectivity index (χ1n) is 5.64. The number of aromatic amines is 2. The van der Waals surface area contributed by atoms with E-state index in [1.807, 2.05) is 17.6 Å². The second kappa shape index (κ2) is 3.82. The van der Waals surface area contributed by atoms with Crippen molar-refractivity contribution in [2.75, 3.05) is 0 Å². The van der Waals surface area contributed by atoms with Gasteiger partial charge in [-0.3, -0.25) is 14.3 Å². The van der Waals surface area contributed by atoms with Gasteiger partial charge in [-0.25, -0.2) is 0 Å². The Morgan fingerprint density at radius 1 is 1.59 bits per heavy atom. The summed E-state index contributed by atoms with van der Waals surface area (Å²) in [4.78, 5) is 17.2. The van der Waals surface area contributed by atoms with Crippen LogP contribution in [0.15, 0.2) is 17.1 Å². The summed E-state index contributed by atoms with van der Waals surface area (Å²) in [6.45, 7) is 1.94. The van der Waals surface area contributed by atoms with Gasteiger partial charge in [-0.05, 0) is 38.0 Å². The molecule has 0 amide bonds. The number of hydrogen-bond donors (Lipinski definition) is 2. The maximum Gasteiger partial charge on any atom is 0.276 e. The van der Waals surface area contributed by atoms with Crippen molar-refractivity contribution in [1.82, 2.24) is 14.5 Å². The zero-order valence-electron chi connectivity index (χ0n) is 9.40. The molecule has 3 rings (SSSR count). The van der Waals surface area contributed by atoms with Gasteiger partial charge in [-0.15, -0.1) is 0 Å². The summed E-state index contributed by atoms with van der Waals surface area (Å²) < 4.78 is 8.04. The summed E-state index contributed by atoms with van der Waals surface area (Å²) in [5.41, 5.74) is 1.13. The largest absolute Gasteiger partial charge is 0.355 e. The van der Waals surface area contributed by atoms with Crippen molar-refractivity contribution >= 4 is 23.3 Å². The molecule has 0 spiro atoms. The third-order valence-electron chi connectivity index (χ3n) is 2.93. The number of hydrogen-bond acceptors (Lipinski definition) is 3. The number of ether oxygens (including phenoxy) is 1. The zero-order valence-corrected chi connectivity index (χ0v) is 10.2. The van der Waals surface area contributed by atoms with E-state index in [4.69, 9.17) is 17.0 Å². The van der Waals surface area contributed by atoms with Gasteiger partial charge in [0, 0.05) is 6.20 Å². The molecule has 1 fully saturated rings. The number of nitrogens with zero attached hydrogens (tertiary/aromatic N) is 1. The van der Waals surface area contributed by atoms with Crippen molar-refractivity contribution in [3.63, 3.8) is 0 Å². The molecule has 6 heteroatoms. The minimum atomic E-state index is -0.190. The Bertz CT molecular complexity index is 665. The number of rotatable bonds is 3. The van der Waals surface area contributed by atoms with Crippen molar-refractivity contribution in [2.24, 2.45) is 0 Å². The van der Waals surface area contributed by atoms with Crippen LogP contribution in [0.5, 0.6) is 0 Å². The van der Waals surface area contributed by atoms with Crippen molar-refractivity contribution in [3.05, 3.63) is 27.4 Å². The molecule has 1 unspecified atom stereocenters. The first-order valence-corrected chi connectivity index (χ1v) is 6.05. The van der Waals surface area contributed by atoms with Crippen LogP contribution in [-0.4, -0.2) is 20.6 Å². The average Bonchev–Trinajstić information content (AvgIpc) is 2.93. The van der Waals surface area contributed by atoms with Crippen LogP contribution in [0.25, 0.3) is 11.0 Å². The predicted molar refractivity (Wildman–Crippen MR) is 66.6 cm³/mol. The van der Waals surface area contributed by atoms with Crippen LogP contribution in [-0.2, 0) is 4.74 Å². The Morgan fingerprint density at radius 2 is 2.35 bits per heavy atom. The fraction of sp³-hybridized carbons (Fsp3) is 0.455. The molecule has 0 radical (unpaired) electrons. The van der Waals surface area contributed by atoms with E-state index in [9.17, 15) is 4.79 Å². The van der Waals surface area contributed by atoms with Gasteiger partial charge in [0.25, 0.3) is 5.56 Å². The molecule has 0 aliphatic heterocycles. The van der Waals surface area contributed by atoms with Gasteiger partial charge in [0.05, 0.1) is 11.6 Å². The van der Waals surface area contributed by atoms with E-state index in [0.29, 0.717) is 16.4 Å². The highest BCUT2D eigenvalue weighted by molar-refractivity contribution is 7.71. The summed E-state index contributed by atoms with van der Waals surface area (Å²) in [7, 11) is 0. The topological polar surface area (TPSA) is 62.8 Å². The third kappa shape index (κ3) is 1.83. The number of fused-ring (bicyclic) bond motifs is 1. The highest BCUT2D eigenvalue weighted by Gasteiger charge is 2.26. The van der Waals surface area contributed by atoms with Crippen LogP contribution < -0.4 is 5.56 Å². The van der Waals surface area contributed by atoms with E-state index in [1.54, 1.807) is 6.20 Å². The van der Waals surface area contributed by atoms with Crippen LogP contribution in [0.4, 0.5) is 0 Å². The van der Waals surface area contributed by atoms with Crippen LogP contribution in [0.3, 0.4) is 0 Å². The van der Waals surface area contributed by atoms with Crippen LogP contribution in [0.2, 0.25) is 0 Å². The van der Waals surface area contributed by atoms with Crippen LogP contribution in [0, 0.1) is 4.77 Å². The standard InChI is InChI=1S/C11H13N3O2S/c1-6(16-7-2-3-7)14-8-4-5-12-9(8)10(15)13-11(14)17/h4-7,12H,2-3H2,1H3,(H,13,15,17). The molecule has 1 aliphatic carbocycles. The molecular formula is C11H13N3O2S. The second-order valence-corrected chi connectivity index (χ2v) is 4.69. The van der Waals surface area contributed by atoms with E-state index in [0.717, 1.165) is 18.4 Å². The highest BCUT2D eigenvalue weighted by Crippen LogP contribution is 2.29. The van der Waals surface area contributed by atoms with Gasteiger partial charge in [0.1, 0.15) is 11.7 Å². The monoisotopic (exact) mass is 251 g/mol. The number of H-pyrrole nitrogens is 2. The number of aromatic nitrogens is 3. The maximum atomic E-state index is 11.7. The lowest BCUT2D eigenvalue weighted by molar-refractivity contribution is 0.00485. The van der Waals surface area contributed by atoms with E-state index in [1.165, 1.54) is 0 Å². The zero-order chi connectivity index (χ0) is 12.0. The number of nitrogens with one attached hydrogen (secondary N) is 2. The van der Waals surface area contributed by atoms with Crippen LogP contribution >= 0.6 is 12.2 Å². The molecule has 1 saturated carbocycles. The molecule has 0 saturated heterocycles.